The van der Waals surface area contributed by atoms with Crippen molar-refractivity contribution in [1.82, 2.24) is 15.0 Å². The maximum absolute atomic E-state index is 12.1. The number of pyridine rings is 2. The van der Waals surface area contributed by atoms with Crippen molar-refractivity contribution in [3.63, 3.8) is 0 Å². The summed E-state index contributed by atoms with van der Waals surface area (Å²) in [5, 5.41) is 4.50. The largest absolute Gasteiger partial charge is 0.417 e. The smallest absolute Gasteiger partial charge is 0.406 e. The number of nitrogens with zero attached hydrogens (tertiary/aromatic N) is 1. The van der Waals surface area contributed by atoms with E-state index in [2.05, 4.69) is 20.3 Å². The van der Waals surface area contributed by atoms with Crippen LogP contribution < -0.4 is 16.6 Å². The Morgan fingerprint density at radius 1 is 1.12 bits per heavy atom. The van der Waals surface area contributed by atoms with Crippen LogP contribution in [0.15, 0.2) is 50.5 Å². The van der Waals surface area contributed by atoms with Crippen molar-refractivity contribution >= 4 is 39.4 Å². The summed E-state index contributed by atoms with van der Waals surface area (Å²) < 4.78 is 4.90. The number of H-pyrrole nitrogens is 2. The molecule has 0 fully saturated rings. The second-order valence-corrected chi connectivity index (χ2v) is 5.73. The number of hydrogen-bond acceptors (Lipinski definition) is 5. The van der Waals surface area contributed by atoms with E-state index in [9.17, 15) is 9.59 Å². The molecule has 0 radical (unpaired) electrons. The molecule has 7 nitrogen and oxygen atoms in total. The van der Waals surface area contributed by atoms with Gasteiger partial charge < -0.3 is 14.7 Å². The van der Waals surface area contributed by atoms with E-state index in [0.29, 0.717) is 27.5 Å². The molecular weight excluding hydrogens is 332 g/mol. The lowest BCUT2D eigenvalue weighted by Crippen LogP contribution is -2.15. The van der Waals surface area contributed by atoms with Crippen LogP contribution in [0.2, 0.25) is 5.02 Å². The number of anilines is 1. The summed E-state index contributed by atoms with van der Waals surface area (Å²) in [4.78, 5) is 32.8. The van der Waals surface area contributed by atoms with Crippen LogP contribution in [0.1, 0.15) is 5.56 Å². The highest BCUT2D eigenvalue weighted by Gasteiger charge is 2.06. The number of nitrogens with one attached hydrogen (secondary N) is 3. The number of aromatic amines is 2. The van der Waals surface area contributed by atoms with Gasteiger partial charge in [-0.2, -0.15) is 0 Å². The van der Waals surface area contributed by atoms with Crippen LogP contribution in [0.4, 0.5) is 5.82 Å². The molecule has 0 saturated heterocycles. The van der Waals surface area contributed by atoms with Gasteiger partial charge >= 0.3 is 5.76 Å². The van der Waals surface area contributed by atoms with E-state index in [1.54, 1.807) is 30.3 Å². The lowest BCUT2D eigenvalue weighted by atomic mass is 10.1. The predicted molar refractivity (Wildman–Crippen MR) is 91.5 cm³/mol. The Kier molecular flexibility index (Phi) is 3.35. The second kappa shape index (κ2) is 5.54. The van der Waals surface area contributed by atoms with Crippen LogP contribution in [0.5, 0.6) is 0 Å². The van der Waals surface area contributed by atoms with Gasteiger partial charge in [-0.25, -0.2) is 9.78 Å². The number of fused-ring (bicyclic) bond motifs is 2. The van der Waals surface area contributed by atoms with Crippen molar-refractivity contribution < 1.29 is 4.42 Å². The number of halogens is 1. The average Bonchev–Trinajstić information content (AvgIpc) is 2.92. The quantitative estimate of drug-likeness (QED) is 0.531. The summed E-state index contributed by atoms with van der Waals surface area (Å²) in [6.07, 6.45) is 1.44. The van der Waals surface area contributed by atoms with Gasteiger partial charge in [0.25, 0.3) is 5.56 Å². The molecular formula is C16H11ClN4O3. The summed E-state index contributed by atoms with van der Waals surface area (Å²) in [5.74, 6) is -0.0167. The molecule has 4 aromatic rings. The molecule has 0 spiro atoms. The van der Waals surface area contributed by atoms with Crippen molar-refractivity contribution in [2.24, 2.45) is 0 Å². The van der Waals surface area contributed by atoms with Crippen molar-refractivity contribution in [2.75, 3.05) is 5.32 Å². The summed E-state index contributed by atoms with van der Waals surface area (Å²) >= 11 is 5.99. The minimum Gasteiger partial charge on any atom is -0.406 e. The highest BCUT2D eigenvalue weighted by atomic mass is 35.5. The highest BCUT2D eigenvalue weighted by Crippen LogP contribution is 2.18. The molecule has 0 aliphatic carbocycles. The van der Waals surface area contributed by atoms with Crippen LogP contribution in [-0.2, 0) is 6.54 Å². The van der Waals surface area contributed by atoms with E-state index in [0.717, 1.165) is 10.9 Å². The zero-order chi connectivity index (χ0) is 16.7. The first-order chi connectivity index (χ1) is 11.6. The standard InChI is InChI=1S/C16H11ClN4O3/c17-10-1-2-11-8(4-10)3-9(15(22)20-11)6-18-14-5-12-13(7-19-14)24-16(23)21-12/h1-5,7H,6H2,(H,18,19)(H,20,22)(H,21,23). The first kappa shape index (κ1) is 14.5. The molecule has 0 saturated carbocycles. The van der Waals surface area contributed by atoms with Gasteiger partial charge in [-0.1, -0.05) is 11.6 Å². The SMILES string of the molecule is O=c1[nH]c2cc(NCc3cc4cc(Cl)ccc4[nH]c3=O)ncc2o1. The Labute approximate surface area is 139 Å². The molecule has 0 atom stereocenters. The van der Waals surface area contributed by atoms with E-state index in [1.165, 1.54) is 6.20 Å². The first-order valence-electron chi connectivity index (χ1n) is 7.13. The van der Waals surface area contributed by atoms with Crippen molar-refractivity contribution in [1.29, 1.82) is 0 Å². The van der Waals surface area contributed by atoms with Crippen LogP contribution in [-0.4, -0.2) is 15.0 Å². The highest BCUT2D eigenvalue weighted by molar-refractivity contribution is 6.31. The van der Waals surface area contributed by atoms with Gasteiger partial charge in [-0.05, 0) is 24.3 Å². The topological polar surface area (TPSA) is 104 Å². The van der Waals surface area contributed by atoms with Gasteiger partial charge in [-0.15, -0.1) is 0 Å². The van der Waals surface area contributed by atoms with Gasteiger partial charge in [0.05, 0.1) is 11.7 Å². The molecule has 4 rings (SSSR count). The molecule has 0 unspecified atom stereocenters. The third-order valence-electron chi connectivity index (χ3n) is 3.65. The van der Waals surface area contributed by atoms with Crippen molar-refractivity contribution in [2.45, 2.75) is 6.54 Å². The minimum absolute atomic E-state index is 0.185. The Balaban J connectivity index is 1.64. The van der Waals surface area contributed by atoms with Crippen LogP contribution in [0.25, 0.3) is 22.0 Å². The van der Waals surface area contributed by atoms with Gasteiger partial charge in [0.15, 0.2) is 5.58 Å². The molecule has 120 valence electrons. The van der Waals surface area contributed by atoms with Crippen molar-refractivity contribution in [3.8, 4) is 0 Å². The third kappa shape index (κ3) is 2.65. The fourth-order valence-electron chi connectivity index (χ4n) is 2.49. The van der Waals surface area contributed by atoms with Crippen LogP contribution in [0.3, 0.4) is 0 Å². The van der Waals surface area contributed by atoms with Crippen LogP contribution >= 0.6 is 11.6 Å². The van der Waals surface area contributed by atoms with Gasteiger partial charge in [-0.3, -0.25) is 9.78 Å². The molecule has 3 aromatic heterocycles. The fourth-order valence-corrected chi connectivity index (χ4v) is 2.67. The summed E-state index contributed by atoms with van der Waals surface area (Å²) in [6.45, 7) is 0.276. The fraction of sp³-hybridized carbons (Fsp3) is 0.0625. The first-order valence-corrected chi connectivity index (χ1v) is 7.50. The summed E-state index contributed by atoms with van der Waals surface area (Å²) in [5.41, 5.74) is 2.01. The zero-order valence-corrected chi connectivity index (χ0v) is 13.0. The van der Waals surface area contributed by atoms with E-state index < -0.39 is 5.76 Å². The molecule has 3 N–H and O–H groups in total. The molecule has 0 amide bonds. The summed E-state index contributed by atoms with van der Waals surface area (Å²) in [7, 11) is 0. The van der Waals surface area contributed by atoms with E-state index in [-0.39, 0.29) is 12.1 Å². The Morgan fingerprint density at radius 2 is 2.00 bits per heavy atom. The van der Waals surface area contributed by atoms with Gasteiger partial charge in [0, 0.05) is 34.1 Å². The molecule has 8 heteroatoms. The van der Waals surface area contributed by atoms with E-state index in [4.69, 9.17) is 16.0 Å². The molecule has 0 aliphatic heterocycles. The Bertz CT molecular complexity index is 1180. The minimum atomic E-state index is -0.535. The predicted octanol–water partition coefficient (Wildman–Crippen LogP) is 2.62. The number of rotatable bonds is 3. The molecule has 0 bridgehead atoms. The van der Waals surface area contributed by atoms with Gasteiger partial charge in [0.2, 0.25) is 0 Å². The number of hydrogen-bond donors (Lipinski definition) is 3. The van der Waals surface area contributed by atoms with Gasteiger partial charge in [0.1, 0.15) is 5.82 Å². The third-order valence-corrected chi connectivity index (χ3v) is 3.89. The van der Waals surface area contributed by atoms with Crippen molar-refractivity contribution in [3.05, 3.63) is 68.0 Å². The maximum Gasteiger partial charge on any atom is 0.417 e. The van der Waals surface area contributed by atoms with E-state index in [1.807, 2.05) is 0 Å². The molecule has 1 aromatic carbocycles. The summed E-state index contributed by atoms with van der Waals surface area (Å²) in [6, 6.07) is 8.71. The zero-order valence-electron chi connectivity index (χ0n) is 12.2. The molecule has 0 aliphatic rings. The lowest BCUT2D eigenvalue weighted by molar-refractivity contribution is 0.554. The number of benzene rings is 1. The lowest BCUT2D eigenvalue weighted by Gasteiger charge is -2.06. The maximum atomic E-state index is 12.1. The Morgan fingerprint density at radius 3 is 2.88 bits per heavy atom. The monoisotopic (exact) mass is 342 g/mol. The van der Waals surface area contributed by atoms with E-state index >= 15 is 0 Å². The number of aromatic nitrogens is 3. The average molecular weight is 343 g/mol. The number of oxazole rings is 1. The Hall–Kier alpha value is -3.06. The molecule has 24 heavy (non-hydrogen) atoms. The molecule has 3 heterocycles. The second-order valence-electron chi connectivity index (χ2n) is 5.29. The normalized spacial score (nSPS) is 11.2. The van der Waals surface area contributed by atoms with Crippen LogP contribution in [0, 0.1) is 0 Å².